The average molecular weight is 374 g/mol. The number of carbonyl (C=O) groups is 1. The van der Waals surface area contributed by atoms with E-state index in [-0.39, 0.29) is 18.4 Å². The third kappa shape index (κ3) is 6.40. The van der Waals surface area contributed by atoms with E-state index in [1.54, 1.807) is 0 Å². The topological polar surface area (TPSA) is 87.0 Å². The number of carboxylic acid groups (broad SMARTS) is 1. The van der Waals surface area contributed by atoms with Crippen molar-refractivity contribution in [2.45, 2.75) is 58.2 Å². The highest BCUT2D eigenvalue weighted by Crippen LogP contribution is 2.49. The fourth-order valence-corrected chi connectivity index (χ4v) is 3.95. The number of rotatable bonds is 6. The molecule has 2 aliphatic carbocycles. The Morgan fingerprint density at radius 3 is 2.85 bits per heavy atom. The Morgan fingerprint density at radius 1 is 1.37 bits per heavy atom. The maximum Gasteiger partial charge on any atom is 0.329 e. The maximum atomic E-state index is 10.5. The van der Waals surface area contributed by atoms with Gasteiger partial charge in [0, 0.05) is 24.7 Å². The summed E-state index contributed by atoms with van der Waals surface area (Å²) in [6.07, 6.45) is 4.69. The van der Waals surface area contributed by atoms with E-state index in [1.165, 1.54) is 5.57 Å². The van der Waals surface area contributed by atoms with Crippen molar-refractivity contribution >= 4 is 5.97 Å². The van der Waals surface area contributed by atoms with Gasteiger partial charge in [-0.2, -0.15) is 0 Å². The first-order chi connectivity index (χ1) is 12.9. The first kappa shape index (κ1) is 21.5. The number of aliphatic carboxylic acids is 1. The van der Waals surface area contributed by atoms with E-state index in [4.69, 9.17) is 9.84 Å². The summed E-state index contributed by atoms with van der Waals surface area (Å²) < 4.78 is 5.08. The highest BCUT2D eigenvalue weighted by molar-refractivity contribution is 5.68. The normalized spacial score (nSPS) is 30.0. The van der Waals surface area contributed by atoms with Crippen LogP contribution in [0.4, 0.5) is 0 Å². The predicted molar refractivity (Wildman–Crippen MR) is 102 cm³/mol. The number of aliphatic hydroxyl groups excluding tert-OH is 2. The molecule has 0 saturated heterocycles. The third-order valence-electron chi connectivity index (χ3n) is 5.43. The lowest BCUT2D eigenvalue weighted by atomic mass is 9.91. The lowest BCUT2D eigenvalue weighted by Crippen LogP contribution is -2.19. The van der Waals surface area contributed by atoms with Gasteiger partial charge in [-0.05, 0) is 31.1 Å². The van der Waals surface area contributed by atoms with Crippen LogP contribution in [-0.4, -0.2) is 46.7 Å². The standard InChI is InChI=1S/C22H30O5/c1-3-4-5-6-15(2)20(23)8-7-18-19-12-16(9-10-27-14-22(25)26)11-17(19)13-21(18)24/h9,15,17-21,23-24H,3,6,10-14H2,1-2H3,(H,25,26)/b16-9+/t15-,17+,18+,19-,20+,21+/m0/s1. The minimum Gasteiger partial charge on any atom is -0.480 e. The molecule has 0 radical (unpaired) electrons. The molecule has 0 amide bonds. The highest BCUT2D eigenvalue weighted by Gasteiger charge is 2.45. The van der Waals surface area contributed by atoms with Crippen molar-refractivity contribution in [3.63, 3.8) is 0 Å². The molecule has 0 aromatic heterocycles. The number of ether oxygens (including phenoxy) is 1. The van der Waals surface area contributed by atoms with Crippen LogP contribution in [0, 0.1) is 47.4 Å². The molecule has 0 heterocycles. The molecule has 148 valence electrons. The quantitative estimate of drug-likeness (QED) is 0.377. The minimum absolute atomic E-state index is 0.0173. The summed E-state index contributed by atoms with van der Waals surface area (Å²) in [5.74, 6) is 11.7. The lowest BCUT2D eigenvalue weighted by molar-refractivity contribution is -0.141. The smallest absolute Gasteiger partial charge is 0.329 e. The molecular weight excluding hydrogens is 344 g/mol. The summed E-state index contributed by atoms with van der Waals surface area (Å²) in [6, 6.07) is 0. The van der Waals surface area contributed by atoms with Gasteiger partial charge in [-0.3, -0.25) is 0 Å². The fraction of sp³-hybridized carbons (Fsp3) is 0.682. The van der Waals surface area contributed by atoms with Crippen LogP contribution in [0.3, 0.4) is 0 Å². The maximum absolute atomic E-state index is 10.5. The first-order valence-corrected chi connectivity index (χ1v) is 9.72. The van der Waals surface area contributed by atoms with Gasteiger partial charge in [-0.25, -0.2) is 4.79 Å². The van der Waals surface area contributed by atoms with Gasteiger partial charge in [0.05, 0.1) is 12.7 Å². The lowest BCUT2D eigenvalue weighted by Gasteiger charge is -2.16. The van der Waals surface area contributed by atoms with Crippen LogP contribution in [0.25, 0.3) is 0 Å². The zero-order valence-corrected chi connectivity index (χ0v) is 16.1. The van der Waals surface area contributed by atoms with Gasteiger partial charge >= 0.3 is 5.97 Å². The van der Waals surface area contributed by atoms with Gasteiger partial charge in [0.2, 0.25) is 0 Å². The Morgan fingerprint density at radius 2 is 2.15 bits per heavy atom. The molecule has 2 rings (SSSR count). The molecule has 2 aliphatic rings. The van der Waals surface area contributed by atoms with Crippen molar-refractivity contribution in [2.24, 2.45) is 23.7 Å². The molecule has 27 heavy (non-hydrogen) atoms. The zero-order chi connectivity index (χ0) is 19.8. The van der Waals surface area contributed by atoms with Gasteiger partial charge in [0.25, 0.3) is 0 Å². The minimum atomic E-state index is -0.969. The second-order valence-corrected chi connectivity index (χ2v) is 7.55. The summed E-state index contributed by atoms with van der Waals surface area (Å²) in [6.45, 7) is 3.94. The Kier molecular flexibility index (Phi) is 8.38. The van der Waals surface area contributed by atoms with Gasteiger partial charge < -0.3 is 20.1 Å². The van der Waals surface area contributed by atoms with Crippen molar-refractivity contribution in [1.29, 1.82) is 0 Å². The Hall–Kier alpha value is -1.79. The molecule has 2 fully saturated rings. The fourth-order valence-electron chi connectivity index (χ4n) is 3.95. The second kappa shape index (κ2) is 10.5. The van der Waals surface area contributed by atoms with E-state index >= 15 is 0 Å². The number of hydrogen-bond acceptors (Lipinski definition) is 4. The molecule has 0 aromatic rings. The summed E-state index contributed by atoms with van der Waals surface area (Å²) in [7, 11) is 0. The van der Waals surface area contributed by atoms with Gasteiger partial charge in [0.1, 0.15) is 12.7 Å². The molecule has 0 unspecified atom stereocenters. The van der Waals surface area contributed by atoms with Crippen molar-refractivity contribution in [3.8, 4) is 23.7 Å². The summed E-state index contributed by atoms with van der Waals surface area (Å²) in [4.78, 5) is 10.5. The van der Waals surface area contributed by atoms with Crippen molar-refractivity contribution in [1.82, 2.24) is 0 Å². The molecular formula is C22H30O5. The van der Waals surface area contributed by atoms with E-state index in [9.17, 15) is 15.0 Å². The SMILES string of the molecule is CCC#CC[C@H](C)[C@H](O)C#C[C@@H]1[C@H]2C/C(=C/COCC(=O)O)C[C@@H]2C[C@H]1O. The van der Waals surface area contributed by atoms with E-state index in [0.717, 1.165) is 25.7 Å². The Labute approximate surface area is 161 Å². The average Bonchev–Trinajstić information content (AvgIpc) is 3.13. The molecule has 3 N–H and O–H groups in total. The van der Waals surface area contributed by atoms with Gasteiger partial charge in [0.15, 0.2) is 0 Å². The van der Waals surface area contributed by atoms with Crippen LogP contribution in [0.5, 0.6) is 0 Å². The van der Waals surface area contributed by atoms with E-state index in [2.05, 4.69) is 23.7 Å². The first-order valence-electron chi connectivity index (χ1n) is 9.72. The predicted octanol–water partition coefficient (Wildman–Crippen LogP) is 2.22. The molecule has 0 spiro atoms. The summed E-state index contributed by atoms with van der Waals surface area (Å²) >= 11 is 0. The monoisotopic (exact) mass is 374 g/mol. The largest absolute Gasteiger partial charge is 0.480 e. The number of carboxylic acids is 1. The molecule has 5 nitrogen and oxygen atoms in total. The highest BCUT2D eigenvalue weighted by atomic mass is 16.5. The van der Waals surface area contributed by atoms with Crippen LogP contribution in [0.15, 0.2) is 11.6 Å². The molecule has 5 heteroatoms. The summed E-state index contributed by atoms with van der Waals surface area (Å²) in [5, 5.41) is 29.2. The molecule has 0 bridgehead atoms. The van der Waals surface area contributed by atoms with Crippen LogP contribution >= 0.6 is 0 Å². The molecule has 0 aromatic carbocycles. The third-order valence-corrected chi connectivity index (χ3v) is 5.43. The van der Waals surface area contributed by atoms with Crippen LogP contribution in [-0.2, 0) is 9.53 Å². The van der Waals surface area contributed by atoms with Crippen molar-refractivity contribution < 1.29 is 24.9 Å². The Bertz CT molecular complexity index is 660. The number of allylic oxidation sites excluding steroid dienone is 1. The van der Waals surface area contributed by atoms with Crippen molar-refractivity contribution in [2.75, 3.05) is 13.2 Å². The van der Waals surface area contributed by atoms with Crippen LogP contribution in [0.2, 0.25) is 0 Å². The second-order valence-electron chi connectivity index (χ2n) is 7.55. The van der Waals surface area contributed by atoms with Crippen LogP contribution in [0.1, 0.15) is 46.0 Å². The summed E-state index contributed by atoms with van der Waals surface area (Å²) in [5.41, 5.74) is 1.25. The van der Waals surface area contributed by atoms with Crippen molar-refractivity contribution in [3.05, 3.63) is 11.6 Å². The van der Waals surface area contributed by atoms with E-state index in [0.29, 0.717) is 24.9 Å². The molecule has 6 atom stereocenters. The Balaban J connectivity index is 1.91. The molecule has 2 saturated carbocycles. The zero-order valence-electron chi connectivity index (χ0n) is 16.1. The van der Waals surface area contributed by atoms with E-state index in [1.807, 2.05) is 19.9 Å². The van der Waals surface area contributed by atoms with Gasteiger partial charge in [-0.15, -0.1) is 11.8 Å². The number of hydrogen-bond donors (Lipinski definition) is 3. The number of fused-ring (bicyclic) bond motifs is 1. The van der Waals surface area contributed by atoms with E-state index < -0.39 is 18.2 Å². The molecule has 0 aliphatic heterocycles. The number of aliphatic hydroxyl groups is 2. The van der Waals surface area contributed by atoms with Gasteiger partial charge in [-0.1, -0.05) is 37.3 Å². The van der Waals surface area contributed by atoms with Crippen LogP contribution < -0.4 is 0 Å².